The molecule has 25 heavy (non-hydrogen) atoms. The normalized spacial score (nSPS) is 18.7. The van der Waals surface area contributed by atoms with E-state index in [1.165, 1.54) is 5.56 Å². The minimum Gasteiger partial charge on any atom is -0.355 e. The van der Waals surface area contributed by atoms with E-state index in [9.17, 15) is 13.2 Å². The van der Waals surface area contributed by atoms with Crippen LogP contribution in [0.1, 0.15) is 29.4 Å². The molecule has 1 amide bonds. The number of rotatable bonds is 5. The maximum atomic E-state index is 12.3. The average molecular weight is 359 g/mol. The van der Waals surface area contributed by atoms with Crippen LogP contribution in [0.2, 0.25) is 0 Å². The van der Waals surface area contributed by atoms with E-state index in [1.807, 2.05) is 18.2 Å². The van der Waals surface area contributed by atoms with E-state index in [2.05, 4.69) is 28.6 Å². The molecule has 0 aliphatic carbocycles. The Bertz CT molecular complexity index is 881. The third-order valence-electron chi connectivity index (χ3n) is 4.24. The molecule has 1 aliphatic rings. The number of benzene rings is 1. The molecule has 1 unspecified atom stereocenters. The zero-order valence-electron chi connectivity index (χ0n) is 14.0. The fraction of sp³-hybridized carbons (Fsp3) is 0.333. The summed E-state index contributed by atoms with van der Waals surface area (Å²) in [5.41, 5.74) is 3.20. The van der Waals surface area contributed by atoms with E-state index in [4.69, 9.17) is 0 Å². The minimum atomic E-state index is -3.03. The SMILES string of the molecule is CCc1ccccc1Nc1ccnc(C(=O)NC2CCS(=O)(=O)C2)c1. The van der Waals surface area contributed by atoms with Crippen LogP contribution >= 0.6 is 0 Å². The summed E-state index contributed by atoms with van der Waals surface area (Å²) in [6, 6.07) is 11.1. The van der Waals surface area contributed by atoms with Crippen molar-refractivity contribution in [2.45, 2.75) is 25.8 Å². The van der Waals surface area contributed by atoms with Gasteiger partial charge in [0.25, 0.3) is 5.91 Å². The summed E-state index contributed by atoms with van der Waals surface area (Å²) >= 11 is 0. The molecule has 1 saturated heterocycles. The number of aryl methyl sites for hydroxylation is 1. The van der Waals surface area contributed by atoms with Crippen LogP contribution < -0.4 is 10.6 Å². The van der Waals surface area contributed by atoms with Crippen LogP contribution in [0.15, 0.2) is 42.6 Å². The van der Waals surface area contributed by atoms with Crippen LogP contribution in [-0.2, 0) is 16.3 Å². The van der Waals surface area contributed by atoms with Gasteiger partial charge in [0.05, 0.1) is 11.5 Å². The molecule has 3 rings (SSSR count). The first-order chi connectivity index (χ1) is 12.0. The molecular formula is C18H21N3O3S. The molecule has 2 heterocycles. The average Bonchev–Trinajstić information content (AvgIpc) is 2.94. The van der Waals surface area contributed by atoms with Crippen molar-refractivity contribution in [2.24, 2.45) is 0 Å². The Kier molecular flexibility index (Phi) is 5.03. The molecular weight excluding hydrogens is 338 g/mol. The fourth-order valence-corrected chi connectivity index (χ4v) is 4.58. The van der Waals surface area contributed by atoms with Crippen LogP contribution in [0, 0.1) is 0 Å². The van der Waals surface area contributed by atoms with Crippen LogP contribution in [0.5, 0.6) is 0 Å². The van der Waals surface area contributed by atoms with Gasteiger partial charge in [-0.1, -0.05) is 25.1 Å². The van der Waals surface area contributed by atoms with E-state index in [-0.39, 0.29) is 29.1 Å². The van der Waals surface area contributed by atoms with E-state index in [0.717, 1.165) is 17.8 Å². The first-order valence-corrected chi connectivity index (χ1v) is 10.1. The molecule has 7 heteroatoms. The quantitative estimate of drug-likeness (QED) is 0.855. The summed E-state index contributed by atoms with van der Waals surface area (Å²) < 4.78 is 23.0. The van der Waals surface area contributed by atoms with Crippen molar-refractivity contribution < 1.29 is 13.2 Å². The molecule has 0 radical (unpaired) electrons. The number of aromatic nitrogens is 1. The van der Waals surface area contributed by atoms with Crippen LogP contribution in [0.4, 0.5) is 11.4 Å². The predicted octanol–water partition coefficient (Wildman–Crippen LogP) is 2.30. The van der Waals surface area contributed by atoms with Gasteiger partial charge in [-0.15, -0.1) is 0 Å². The Hall–Kier alpha value is -2.41. The number of hydrogen-bond acceptors (Lipinski definition) is 5. The molecule has 1 fully saturated rings. The molecule has 0 spiro atoms. The Morgan fingerprint density at radius 3 is 2.80 bits per heavy atom. The lowest BCUT2D eigenvalue weighted by Crippen LogP contribution is -2.36. The molecule has 0 saturated carbocycles. The van der Waals surface area contributed by atoms with Crippen molar-refractivity contribution in [2.75, 3.05) is 16.8 Å². The highest BCUT2D eigenvalue weighted by molar-refractivity contribution is 7.91. The van der Waals surface area contributed by atoms with Gasteiger partial charge in [-0.25, -0.2) is 8.42 Å². The molecule has 1 aliphatic heterocycles. The number of pyridine rings is 1. The van der Waals surface area contributed by atoms with Crippen molar-refractivity contribution in [1.29, 1.82) is 0 Å². The number of sulfone groups is 1. The molecule has 2 aromatic rings. The van der Waals surface area contributed by atoms with Gasteiger partial charge in [0.2, 0.25) is 0 Å². The van der Waals surface area contributed by atoms with Crippen LogP contribution in [0.3, 0.4) is 0 Å². The van der Waals surface area contributed by atoms with Gasteiger partial charge >= 0.3 is 0 Å². The summed E-state index contributed by atoms with van der Waals surface area (Å²) in [7, 11) is -3.03. The van der Waals surface area contributed by atoms with Gasteiger partial charge in [-0.3, -0.25) is 9.78 Å². The Morgan fingerprint density at radius 2 is 2.08 bits per heavy atom. The number of carbonyl (C=O) groups is 1. The van der Waals surface area contributed by atoms with Crippen molar-refractivity contribution in [3.05, 3.63) is 53.9 Å². The van der Waals surface area contributed by atoms with Crippen molar-refractivity contribution >= 4 is 27.1 Å². The molecule has 1 aromatic carbocycles. The topological polar surface area (TPSA) is 88.2 Å². The Morgan fingerprint density at radius 1 is 1.28 bits per heavy atom. The first kappa shape index (κ1) is 17.4. The number of amides is 1. The number of hydrogen-bond donors (Lipinski definition) is 2. The lowest BCUT2D eigenvalue weighted by Gasteiger charge is -2.13. The van der Waals surface area contributed by atoms with Crippen molar-refractivity contribution in [3.63, 3.8) is 0 Å². The standard InChI is InChI=1S/C18H21N3O3S/c1-2-13-5-3-4-6-16(13)20-14-7-9-19-17(11-14)18(22)21-15-8-10-25(23,24)12-15/h3-7,9,11,15H,2,8,10,12H2,1H3,(H,19,20)(H,21,22). The monoisotopic (exact) mass is 359 g/mol. The summed E-state index contributed by atoms with van der Waals surface area (Å²) in [6.07, 6.45) is 2.92. The smallest absolute Gasteiger partial charge is 0.270 e. The third kappa shape index (κ3) is 4.36. The second kappa shape index (κ2) is 7.23. The van der Waals surface area contributed by atoms with Crippen LogP contribution in [0.25, 0.3) is 0 Å². The highest BCUT2D eigenvalue weighted by Crippen LogP contribution is 2.21. The van der Waals surface area contributed by atoms with Gasteiger partial charge in [0.1, 0.15) is 5.69 Å². The molecule has 1 atom stereocenters. The maximum absolute atomic E-state index is 12.3. The van der Waals surface area contributed by atoms with E-state index < -0.39 is 9.84 Å². The zero-order chi connectivity index (χ0) is 17.9. The molecule has 132 valence electrons. The molecule has 0 bridgehead atoms. The Labute approximate surface area is 147 Å². The highest BCUT2D eigenvalue weighted by Gasteiger charge is 2.29. The molecule has 6 nitrogen and oxygen atoms in total. The number of para-hydroxylation sites is 1. The van der Waals surface area contributed by atoms with Gasteiger partial charge < -0.3 is 10.6 Å². The second-order valence-corrected chi connectivity index (χ2v) is 8.37. The number of carbonyl (C=O) groups excluding carboxylic acids is 1. The number of nitrogens with one attached hydrogen (secondary N) is 2. The molecule has 1 aromatic heterocycles. The lowest BCUT2D eigenvalue weighted by molar-refractivity contribution is 0.0936. The van der Waals surface area contributed by atoms with Gasteiger partial charge in [-0.05, 0) is 36.6 Å². The molecule has 2 N–H and O–H groups in total. The van der Waals surface area contributed by atoms with Gasteiger partial charge in [-0.2, -0.15) is 0 Å². The summed E-state index contributed by atoms with van der Waals surface area (Å²) in [5, 5.41) is 6.07. The van der Waals surface area contributed by atoms with E-state index in [0.29, 0.717) is 6.42 Å². The number of nitrogens with zero attached hydrogens (tertiary/aromatic N) is 1. The number of anilines is 2. The first-order valence-electron chi connectivity index (χ1n) is 8.29. The summed E-state index contributed by atoms with van der Waals surface area (Å²) in [5.74, 6) is -0.226. The van der Waals surface area contributed by atoms with Gasteiger partial charge in [0, 0.05) is 23.6 Å². The fourth-order valence-electron chi connectivity index (χ4n) is 2.91. The van der Waals surface area contributed by atoms with E-state index in [1.54, 1.807) is 18.3 Å². The van der Waals surface area contributed by atoms with Gasteiger partial charge in [0.15, 0.2) is 9.84 Å². The summed E-state index contributed by atoms with van der Waals surface area (Å²) in [6.45, 7) is 2.08. The lowest BCUT2D eigenvalue weighted by atomic mass is 10.1. The predicted molar refractivity (Wildman–Crippen MR) is 97.9 cm³/mol. The third-order valence-corrected chi connectivity index (χ3v) is 6.01. The Balaban J connectivity index is 1.72. The van der Waals surface area contributed by atoms with Crippen molar-refractivity contribution in [3.8, 4) is 0 Å². The highest BCUT2D eigenvalue weighted by atomic mass is 32.2. The maximum Gasteiger partial charge on any atom is 0.270 e. The summed E-state index contributed by atoms with van der Waals surface area (Å²) in [4.78, 5) is 16.4. The largest absolute Gasteiger partial charge is 0.355 e. The minimum absolute atomic E-state index is 0.000552. The zero-order valence-corrected chi connectivity index (χ0v) is 14.8. The second-order valence-electron chi connectivity index (χ2n) is 6.14. The van der Waals surface area contributed by atoms with Crippen LogP contribution in [-0.4, -0.2) is 36.9 Å². The van der Waals surface area contributed by atoms with Crippen molar-refractivity contribution in [1.82, 2.24) is 10.3 Å². The van der Waals surface area contributed by atoms with E-state index >= 15 is 0 Å².